The van der Waals surface area contributed by atoms with Gasteiger partial charge in [0.15, 0.2) is 5.16 Å². The number of nitro benzene ring substituents is 1. The van der Waals surface area contributed by atoms with E-state index in [1.54, 1.807) is 29.1 Å². The molecule has 7 nitrogen and oxygen atoms in total. The van der Waals surface area contributed by atoms with Crippen molar-refractivity contribution in [2.24, 2.45) is 0 Å². The van der Waals surface area contributed by atoms with E-state index >= 15 is 0 Å². The Morgan fingerprint density at radius 1 is 1.17 bits per heavy atom. The number of amides is 1. The van der Waals surface area contributed by atoms with E-state index < -0.39 is 4.92 Å². The van der Waals surface area contributed by atoms with E-state index in [0.29, 0.717) is 5.16 Å². The average molecular weight is 410 g/mol. The van der Waals surface area contributed by atoms with Gasteiger partial charge >= 0.3 is 0 Å². The van der Waals surface area contributed by atoms with Crippen LogP contribution in [0.15, 0.2) is 66.1 Å². The fraction of sp³-hybridized carbons (Fsp3) is 0.238. The average Bonchev–Trinajstić information content (AvgIpc) is 3.20. The summed E-state index contributed by atoms with van der Waals surface area (Å²) in [6.07, 6.45) is 6.76. The fourth-order valence-electron chi connectivity index (χ4n) is 2.79. The predicted octanol–water partition coefficient (Wildman–Crippen LogP) is 4.85. The van der Waals surface area contributed by atoms with Gasteiger partial charge in [-0.05, 0) is 42.7 Å². The van der Waals surface area contributed by atoms with Crippen LogP contribution in [0.2, 0.25) is 0 Å². The molecule has 8 heteroatoms. The van der Waals surface area contributed by atoms with Crippen LogP contribution in [0, 0.1) is 10.1 Å². The van der Waals surface area contributed by atoms with Crippen molar-refractivity contribution in [2.75, 3.05) is 11.1 Å². The number of aryl methyl sites for hydroxylation is 1. The number of nitrogens with one attached hydrogen (secondary N) is 1. The maximum atomic E-state index is 12.3. The Kier molecular flexibility index (Phi) is 7.02. The number of non-ortho nitro benzene ring substituents is 1. The third-order valence-electron chi connectivity index (χ3n) is 4.33. The highest BCUT2D eigenvalue weighted by atomic mass is 32.2. The van der Waals surface area contributed by atoms with Gasteiger partial charge < -0.3 is 5.32 Å². The summed E-state index contributed by atoms with van der Waals surface area (Å²) in [5, 5.41) is 14.3. The normalized spacial score (nSPS) is 10.7. The lowest BCUT2D eigenvalue weighted by molar-refractivity contribution is -0.384. The highest BCUT2D eigenvalue weighted by molar-refractivity contribution is 7.99. The van der Waals surface area contributed by atoms with Gasteiger partial charge in [0, 0.05) is 35.9 Å². The summed E-state index contributed by atoms with van der Waals surface area (Å²) >= 11 is 1.31. The molecule has 2 aromatic carbocycles. The van der Waals surface area contributed by atoms with Crippen LogP contribution < -0.4 is 5.32 Å². The summed E-state index contributed by atoms with van der Waals surface area (Å²) in [5.74, 6) is 0.0938. The quantitative estimate of drug-likeness (QED) is 0.309. The predicted molar refractivity (Wildman–Crippen MR) is 115 cm³/mol. The summed E-state index contributed by atoms with van der Waals surface area (Å²) in [7, 11) is 0. The fourth-order valence-corrected chi connectivity index (χ4v) is 3.56. The minimum atomic E-state index is -0.436. The highest BCUT2D eigenvalue weighted by Crippen LogP contribution is 2.22. The van der Waals surface area contributed by atoms with Crippen LogP contribution in [-0.4, -0.2) is 26.1 Å². The lowest BCUT2D eigenvalue weighted by atomic mass is 10.1. The number of nitro groups is 1. The summed E-state index contributed by atoms with van der Waals surface area (Å²) < 4.78 is 1.80. The van der Waals surface area contributed by atoms with E-state index in [9.17, 15) is 14.9 Å². The second kappa shape index (κ2) is 9.88. The molecule has 0 fully saturated rings. The Morgan fingerprint density at radius 2 is 1.90 bits per heavy atom. The number of hydrogen-bond donors (Lipinski definition) is 1. The lowest BCUT2D eigenvalue weighted by Gasteiger charge is -2.08. The Labute approximate surface area is 173 Å². The molecule has 0 aliphatic heterocycles. The van der Waals surface area contributed by atoms with Crippen molar-refractivity contribution in [3.8, 4) is 5.69 Å². The molecule has 3 rings (SSSR count). The number of carbonyl (C=O) groups is 1. The van der Waals surface area contributed by atoms with Gasteiger partial charge in [0.05, 0.1) is 10.7 Å². The molecule has 1 aromatic heterocycles. The molecule has 0 saturated carbocycles. The number of aromatic nitrogens is 2. The largest absolute Gasteiger partial charge is 0.325 e. The number of thioether (sulfide) groups is 1. The molecule has 1 N–H and O–H groups in total. The lowest BCUT2D eigenvalue weighted by Crippen LogP contribution is -2.14. The van der Waals surface area contributed by atoms with Gasteiger partial charge in [-0.15, -0.1) is 0 Å². The second-order valence-corrected chi connectivity index (χ2v) is 7.43. The monoisotopic (exact) mass is 410 g/mol. The first-order valence-corrected chi connectivity index (χ1v) is 10.3. The number of hydrogen-bond acceptors (Lipinski definition) is 5. The Hall–Kier alpha value is -3.13. The van der Waals surface area contributed by atoms with Crippen molar-refractivity contribution in [3.05, 3.63) is 76.6 Å². The minimum Gasteiger partial charge on any atom is -0.325 e. The van der Waals surface area contributed by atoms with Gasteiger partial charge in [0.1, 0.15) is 0 Å². The SMILES string of the molecule is CCCCc1ccc(NC(=O)CSc2nccn2-c2ccc([N+](=O)[O-])cc2)cc1. The van der Waals surface area contributed by atoms with Gasteiger partial charge in [0.2, 0.25) is 5.91 Å². The summed E-state index contributed by atoms with van der Waals surface area (Å²) in [6, 6.07) is 14.1. The van der Waals surface area contributed by atoms with Crippen LogP contribution in [0.3, 0.4) is 0 Å². The van der Waals surface area contributed by atoms with Crippen LogP contribution in [0.25, 0.3) is 5.69 Å². The third-order valence-corrected chi connectivity index (χ3v) is 5.30. The molecule has 3 aromatic rings. The van der Waals surface area contributed by atoms with Crippen molar-refractivity contribution in [1.29, 1.82) is 0 Å². The number of benzene rings is 2. The third kappa shape index (κ3) is 5.68. The zero-order valence-electron chi connectivity index (χ0n) is 16.1. The Bertz CT molecular complexity index is 968. The summed E-state index contributed by atoms with van der Waals surface area (Å²) in [4.78, 5) is 26.9. The van der Waals surface area contributed by atoms with Gasteiger partial charge in [0.25, 0.3) is 5.69 Å². The molecule has 1 amide bonds. The summed E-state index contributed by atoms with van der Waals surface area (Å²) in [5.41, 5.74) is 2.82. The van der Waals surface area contributed by atoms with E-state index in [1.165, 1.54) is 29.5 Å². The molecule has 29 heavy (non-hydrogen) atoms. The first-order chi connectivity index (χ1) is 14.1. The molecule has 0 atom stereocenters. The van der Waals surface area contributed by atoms with E-state index in [1.807, 2.05) is 24.3 Å². The second-order valence-electron chi connectivity index (χ2n) is 6.49. The maximum Gasteiger partial charge on any atom is 0.269 e. The molecule has 150 valence electrons. The smallest absolute Gasteiger partial charge is 0.269 e. The number of nitrogens with zero attached hydrogens (tertiary/aromatic N) is 3. The molecule has 0 unspecified atom stereocenters. The van der Waals surface area contributed by atoms with Crippen molar-refractivity contribution < 1.29 is 9.72 Å². The van der Waals surface area contributed by atoms with Gasteiger partial charge in [-0.3, -0.25) is 19.5 Å². The van der Waals surface area contributed by atoms with Gasteiger partial charge in [-0.2, -0.15) is 0 Å². The molecule has 0 bridgehead atoms. The van der Waals surface area contributed by atoms with Gasteiger partial charge in [-0.1, -0.05) is 37.2 Å². The van der Waals surface area contributed by atoms with Crippen molar-refractivity contribution in [1.82, 2.24) is 9.55 Å². The molecular formula is C21H22N4O3S. The molecule has 0 aliphatic rings. The van der Waals surface area contributed by atoms with Crippen LogP contribution >= 0.6 is 11.8 Å². The van der Waals surface area contributed by atoms with Gasteiger partial charge in [-0.25, -0.2) is 4.98 Å². The summed E-state index contributed by atoms with van der Waals surface area (Å²) in [6.45, 7) is 2.17. The van der Waals surface area contributed by atoms with Crippen LogP contribution in [0.5, 0.6) is 0 Å². The first-order valence-electron chi connectivity index (χ1n) is 9.36. The molecular weight excluding hydrogens is 388 g/mol. The molecule has 1 heterocycles. The van der Waals surface area contributed by atoms with Crippen molar-refractivity contribution in [2.45, 2.75) is 31.3 Å². The van der Waals surface area contributed by atoms with E-state index in [-0.39, 0.29) is 17.3 Å². The molecule has 0 spiro atoms. The maximum absolute atomic E-state index is 12.3. The van der Waals surface area contributed by atoms with E-state index in [4.69, 9.17) is 0 Å². The minimum absolute atomic E-state index is 0.0307. The number of unbranched alkanes of at least 4 members (excludes halogenated alkanes) is 1. The van der Waals surface area contributed by atoms with Crippen LogP contribution in [0.1, 0.15) is 25.3 Å². The van der Waals surface area contributed by atoms with Crippen LogP contribution in [-0.2, 0) is 11.2 Å². The molecule has 0 radical (unpaired) electrons. The number of anilines is 1. The zero-order valence-corrected chi connectivity index (χ0v) is 16.9. The van der Waals surface area contributed by atoms with E-state index in [2.05, 4.69) is 17.2 Å². The highest BCUT2D eigenvalue weighted by Gasteiger charge is 2.11. The number of rotatable bonds is 9. The molecule has 0 saturated heterocycles. The standard InChI is InChI=1S/C21H22N4O3S/c1-2-3-4-16-5-7-17(8-6-16)23-20(26)15-29-21-22-13-14-24(21)18-9-11-19(12-10-18)25(27)28/h5-14H,2-4,15H2,1H3,(H,23,26). The van der Waals surface area contributed by atoms with Crippen molar-refractivity contribution in [3.63, 3.8) is 0 Å². The first kappa shape index (κ1) is 20.6. The zero-order chi connectivity index (χ0) is 20.6. The Balaban J connectivity index is 1.57. The number of carbonyl (C=O) groups excluding carboxylic acids is 1. The topological polar surface area (TPSA) is 90.1 Å². The molecule has 0 aliphatic carbocycles. The van der Waals surface area contributed by atoms with Crippen LogP contribution in [0.4, 0.5) is 11.4 Å². The Morgan fingerprint density at radius 3 is 2.55 bits per heavy atom. The van der Waals surface area contributed by atoms with E-state index in [0.717, 1.165) is 30.6 Å². The van der Waals surface area contributed by atoms with Crippen molar-refractivity contribution >= 4 is 29.0 Å². The number of imidazole rings is 1.